The summed E-state index contributed by atoms with van der Waals surface area (Å²) in [6.07, 6.45) is 1.15. The number of benzene rings is 1. The van der Waals surface area contributed by atoms with E-state index in [1.54, 1.807) is 12.1 Å². The Bertz CT molecular complexity index is 432. The van der Waals surface area contributed by atoms with Gasteiger partial charge in [-0.25, -0.2) is 4.79 Å². The van der Waals surface area contributed by atoms with Gasteiger partial charge in [-0.05, 0) is 32.1 Å². The maximum atomic E-state index is 11.1. The first-order chi connectivity index (χ1) is 8.58. The molecule has 0 bridgehead atoms. The van der Waals surface area contributed by atoms with Crippen LogP contribution in [0.4, 0.5) is 0 Å². The van der Waals surface area contributed by atoms with E-state index in [4.69, 9.17) is 5.11 Å². The Labute approximate surface area is 108 Å². The summed E-state index contributed by atoms with van der Waals surface area (Å²) < 4.78 is 0. The van der Waals surface area contributed by atoms with Crippen LogP contribution < -0.4 is 0 Å². The van der Waals surface area contributed by atoms with Crippen molar-refractivity contribution in [2.24, 2.45) is 0 Å². The molecule has 0 aromatic heterocycles. The van der Waals surface area contributed by atoms with Crippen molar-refractivity contribution >= 4 is 5.97 Å². The second-order valence-electron chi connectivity index (χ2n) is 5.10. The van der Waals surface area contributed by atoms with Crippen molar-refractivity contribution in [3.8, 4) is 0 Å². The van der Waals surface area contributed by atoms with Gasteiger partial charge in [0.2, 0.25) is 0 Å². The SMILES string of the molecule is CN(C)C1CCN(Cc2ccccc2C(=O)O)C1. The van der Waals surface area contributed by atoms with Crippen LogP contribution in [0.3, 0.4) is 0 Å². The molecule has 1 fully saturated rings. The van der Waals surface area contributed by atoms with Gasteiger partial charge in [-0.1, -0.05) is 18.2 Å². The molecule has 1 aliphatic rings. The lowest BCUT2D eigenvalue weighted by Crippen LogP contribution is -2.31. The Hall–Kier alpha value is -1.39. The van der Waals surface area contributed by atoms with Crippen LogP contribution in [-0.4, -0.2) is 54.1 Å². The number of hydrogen-bond acceptors (Lipinski definition) is 3. The molecule has 0 saturated carbocycles. The molecule has 1 N–H and O–H groups in total. The molecule has 4 nitrogen and oxygen atoms in total. The number of likely N-dealkylation sites (tertiary alicyclic amines) is 1. The minimum absolute atomic E-state index is 0.422. The molecule has 0 spiro atoms. The quantitative estimate of drug-likeness (QED) is 0.877. The molecular formula is C14H20N2O2. The van der Waals surface area contributed by atoms with Crippen molar-refractivity contribution < 1.29 is 9.90 Å². The fraction of sp³-hybridized carbons (Fsp3) is 0.500. The van der Waals surface area contributed by atoms with Gasteiger partial charge in [-0.15, -0.1) is 0 Å². The molecule has 98 valence electrons. The number of rotatable bonds is 4. The smallest absolute Gasteiger partial charge is 0.336 e. The van der Waals surface area contributed by atoms with Crippen molar-refractivity contribution in [1.29, 1.82) is 0 Å². The van der Waals surface area contributed by atoms with E-state index in [0.29, 0.717) is 11.6 Å². The second kappa shape index (κ2) is 5.50. The lowest BCUT2D eigenvalue weighted by atomic mass is 10.1. The summed E-state index contributed by atoms with van der Waals surface area (Å²) in [5.41, 5.74) is 1.33. The summed E-state index contributed by atoms with van der Waals surface area (Å²) in [5.74, 6) is -0.839. The molecule has 0 aliphatic carbocycles. The summed E-state index contributed by atoms with van der Waals surface area (Å²) in [4.78, 5) is 15.7. The highest BCUT2D eigenvalue weighted by Crippen LogP contribution is 2.18. The third-order valence-corrected chi connectivity index (χ3v) is 3.62. The number of carboxylic acid groups (broad SMARTS) is 1. The van der Waals surface area contributed by atoms with Gasteiger partial charge in [0, 0.05) is 25.7 Å². The molecular weight excluding hydrogens is 228 g/mol. The Balaban J connectivity index is 2.05. The molecule has 1 aliphatic heterocycles. The van der Waals surface area contributed by atoms with Crippen molar-refractivity contribution in [2.75, 3.05) is 27.2 Å². The molecule has 4 heteroatoms. The van der Waals surface area contributed by atoms with Gasteiger partial charge in [0.05, 0.1) is 5.56 Å². The van der Waals surface area contributed by atoms with E-state index in [-0.39, 0.29) is 0 Å². The zero-order valence-corrected chi connectivity index (χ0v) is 11.0. The highest BCUT2D eigenvalue weighted by atomic mass is 16.4. The monoisotopic (exact) mass is 248 g/mol. The number of hydrogen-bond donors (Lipinski definition) is 1. The van der Waals surface area contributed by atoms with Crippen molar-refractivity contribution in [1.82, 2.24) is 9.80 Å². The van der Waals surface area contributed by atoms with Crippen molar-refractivity contribution in [3.05, 3.63) is 35.4 Å². The molecule has 1 aromatic carbocycles. The highest BCUT2D eigenvalue weighted by molar-refractivity contribution is 5.89. The predicted octanol–water partition coefficient (Wildman–Crippen LogP) is 1.52. The molecule has 1 heterocycles. The minimum Gasteiger partial charge on any atom is -0.478 e. The molecule has 1 unspecified atom stereocenters. The van der Waals surface area contributed by atoms with E-state index < -0.39 is 5.97 Å². The number of carboxylic acids is 1. The van der Waals surface area contributed by atoms with Crippen LogP contribution in [0.2, 0.25) is 0 Å². The van der Waals surface area contributed by atoms with Crippen LogP contribution >= 0.6 is 0 Å². The first-order valence-corrected chi connectivity index (χ1v) is 6.28. The standard InChI is InChI=1S/C14H20N2O2/c1-15(2)12-7-8-16(10-12)9-11-5-3-4-6-13(11)14(17)18/h3-6,12H,7-10H2,1-2H3,(H,17,18). The topological polar surface area (TPSA) is 43.8 Å². The summed E-state index contributed by atoms with van der Waals surface area (Å²) in [7, 11) is 4.19. The lowest BCUT2D eigenvalue weighted by Gasteiger charge is -2.20. The fourth-order valence-corrected chi connectivity index (χ4v) is 2.49. The maximum Gasteiger partial charge on any atom is 0.336 e. The number of likely N-dealkylation sites (N-methyl/N-ethyl adjacent to an activating group) is 1. The van der Waals surface area contributed by atoms with Gasteiger partial charge in [0.1, 0.15) is 0 Å². The largest absolute Gasteiger partial charge is 0.478 e. The predicted molar refractivity (Wildman–Crippen MR) is 70.8 cm³/mol. The van der Waals surface area contributed by atoms with Crippen LogP contribution in [0.15, 0.2) is 24.3 Å². The molecule has 1 aromatic rings. The van der Waals surface area contributed by atoms with Gasteiger partial charge in [-0.3, -0.25) is 4.90 Å². The van der Waals surface area contributed by atoms with E-state index in [2.05, 4.69) is 23.9 Å². The van der Waals surface area contributed by atoms with E-state index in [9.17, 15) is 4.79 Å². The van der Waals surface area contributed by atoms with E-state index in [1.807, 2.05) is 12.1 Å². The van der Waals surface area contributed by atoms with Crippen molar-refractivity contribution in [3.63, 3.8) is 0 Å². The Kier molecular flexibility index (Phi) is 3.99. The van der Waals surface area contributed by atoms with Crippen LogP contribution in [0.5, 0.6) is 0 Å². The first-order valence-electron chi connectivity index (χ1n) is 6.28. The van der Waals surface area contributed by atoms with E-state index in [1.165, 1.54) is 0 Å². The summed E-state index contributed by atoms with van der Waals surface area (Å²) >= 11 is 0. The summed E-state index contributed by atoms with van der Waals surface area (Å²) in [5, 5.41) is 9.15. The Morgan fingerprint density at radius 2 is 2.17 bits per heavy atom. The van der Waals surface area contributed by atoms with Gasteiger partial charge >= 0.3 is 5.97 Å². The Morgan fingerprint density at radius 1 is 1.44 bits per heavy atom. The van der Waals surface area contributed by atoms with Crippen LogP contribution in [-0.2, 0) is 6.54 Å². The average Bonchev–Trinajstić information content (AvgIpc) is 2.78. The minimum atomic E-state index is -0.839. The first kappa shape index (κ1) is 13.1. The fourth-order valence-electron chi connectivity index (χ4n) is 2.49. The van der Waals surface area contributed by atoms with Gasteiger partial charge < -0.3 is 10.0 Å². The zero-order chi connectivity index (χ0) is 13.1. The summed E-state index contributed by atoms with van der Waals surface area (Å²) in [6.45, 7) is 2.78. The molecule has 18 heavy (non-hydrogen) atoms. The average molecular weight is 248 g/mol. The number of nitrogens with zero attached hydrogens (tertiary/aromatic N) is 2. The molecule has 1 saturated heterocycles. The van der Waals surface area contributed by atoms with Crippen LogP contribution in [0.25, 0.3) is 0 Å². The van der Waals surface area contributed by atoms with E-state index in [0.717, 1.165) is 31.6 Å². The van der Waals surface area contributed by atoms with Gasteiger partial charge in [-0.2, -0.15) is 0 Å². The molecule has 2 rings (SSSR count). The maximum absolute atomic E-state index is 11.1. The number of carbonyl (C=O) groups is 1. The molecule has 1 atom stereocenters. The zero-order valence-electron chi connectivity index (χ0n) is 11.0. The molecule has 0 radical (unpaired) electrons. The third-order valence-electron chi connectivity index (χ3n) is 3.62. The highest BCUT2D eigenvalue weighted by Gasteiger charge is 2.24. The third kappa shape index (κ3) is 2.89. The van der Waals surface area contributed by atoms with Crippen LogP contribution in [0, 0.1) is 0 Å². The van der Waals surface area contributed by atoms with E-state index >= 15 is 0 Å². The van der Waals surface area contributed by atoms with Gasteiger partial charge in [0.25, 0.3) is 0 Å². The summed E-state index contributed by atoms with van der Waals surface area (Å²) in [6, 6.07) is 7.85. The molecule has 0 amide bonds. The normalized spacial score (nSPS) is 20.5. The lowest BCUT2D eigenvalue weighted by molar-refractivity contribution is 0.0694. The Morgan fingerprint density at radius 3 is 2.78 bits per heavy atom. The van der Waals surface area contributed by atoms with Gasteiger partial charge in [0.15, 0.2) is 0 Å². The second-order valence-corrected chi connectivity index (χ2v) is 5.10. The van der Waals surface area contributed by atoms with Crippen molar-refractivity contribution in [2.45, 2.75) is 19.0 Å². The number of aromatic carboxylic acids is 1. The van der Waals surface area contributed by atoms with Crippen LogP contribution in [0.1, 0.15) is 22.3 Å².